The number of aromatic nitrogens is 2. The van der Waals surface area contributed by atoms with Crippen molar-refractivity contribution in [2.75, 3.05) is 6.54 Å². The molecule has 0 N–H and O–H groups in total. The Morgan fingerprint density at radius 1 is 1.35 bits per heavy atom. The lowest BCUT2D eigenvalue weighted by Gasteiger charge is -2.23. The largest absolute Gasteiger partial charge is 0.451 e. The molecule has 23 heavy (non-hydrogen) atoms. The van der Waals surface area contributed by atoms with E-state index in [2.05, 4.69) is 5.10 Å². The maximum absolute atomic E-state index is 13.0. The van der Waals surface area contributed by atoms with Crippen LogP contribution in [0.5, 0.6) is 0 Å². The first-order valence-corrected chi connectivity index (χ1v) is 7.93. The lowest BCUT2D eigenvalue weighted by Crippen LogP contribution is -2.30. The van der Waals surface area contributed by atoms with Crippen molar-refractivity contribution in [3.8, 4) is 0 Å². The number of aryl methyl sites for hydroxylation is 2. The number of benzene rings is 1. The number of fused-ring (bicyclic) bond motifs is 1. The van der Waals surface area contributed by atoms with E-state index in [-0.39, 0.29) is 11.9 Å². The molecule has 1 fully saturated rings. The molecule has 3 aromatic rings. The average molecular weight is 309 g/mol. The van der Waals surface area contributed by atoms with Crippen LogP contribution in [0.4, 0.5) is 0 Å². The fourth-order valence-corrected chi connectivity index (χ4v) is 3.48. The van der Waals surface area contributed by atoms with Crippen LogP contribution in [0.25, 0.3) is 11.0 Å². The van der Waals surface area contributed by atoms with E-state index < -0.39 is 0 Å². The topological polar surface area (TPSA) is 51.3 Å². The molecule has 118 valence electrons. The molecule has 3 heterocycles. The van der Waals surface area contributed by atoms with Crippen molar-refractivity contribution in [2.45, 2.75) is 25.8 Å². The number of carbonyl (C=O) groups is 1. The van der Waals surface area contributed by atoms with Crippen molar-refractivity contribution in [3.05, 3.63) is 53.5 Å². The summed E-state index contributed by atoms with van der Waals surface area (Å²) < 4.78 is 7.63. The fraction of sp³-hybridized carbons (Fsp3) is 0.333. The van der Waals surface area contributed by atoms with Crippen molar-refractivity contribution >= 4 is 16.9 Å². The van der Waals surface area contributed by atoms with Gasteiger partial charge in [-0.3, -0.25) is 9.48 Å². The molecule has 0 radical (unpaired) electrons. The highest BCUT2D eigenvalue weighted by Gasteiger charge is 2.33. The summed E-state index contributed by atoms with van der Waals surface area (Å²) in [6, 6.07) is 7.88. The van der Waals surface area contributed by atoms with Crippen LogP contribution in [0.1, 0.15) is 40.6 Å². The first-order chi connectivity index (χ1) is 11.1. The van der Waals surface area contributed by atoms with Gasteiger partial charge in [0.1, 0.15) is 5.58 Å². The second-order valence-electron chi connectivity index (χ2n) is 6.16. The molecule has 0 unspecified atom stereocenters. The van der Waals surface area contributed by atoms with Gasteiger partial charge in [0.2, 0.25) is 0 Å². The van der Waals surface area contributed by atoms with Gasteiger partial charge in [-0.15, -0.1) is 0 Å². The molecule has 5 nitrogen and oxygen atoms in total. The summed E-state index contributed by atoms with van der Waals surface area (Å²) in [5.74, 6) is 0.437. The van der Waals surface area contributed by atoms with Gasteiger partial charge in [0.25, 0.3) is 5.91 Å². The van der Waals surface area contributed by atoms with Gasteiger partial charge in [-0.05, 0) is 25.8 Å². The molecule has 1 aromatic carbocycles. The smallest absolute Gasteiger partial charge is 0.290 e. The fourth-order valence-electron chi connectivity index (χ4n) is 3.48. The number of amides is 1. The number of rotatable bonds is 2. The quantitative estimate of drug-likeness (QED) is 0.728. The minimum atomic E-state index is -0.0231. The Labute approximate surface area is 134 Å². The Morgan fingerprint density at radius 2 is 2.17 bits per heavy atom. The minimum absolute atomic E-state index is 0.0231. The van der Waals surface area contributed by atoms with Crippen LogP contribution >= 0.6 is 0 Å². The number of hydrogen-bond donors (Lipinski definition) is 0. The molecule has 1 aliphatic heterocycles. The third-order valence-electron chi connectivity index (χ3n) is 4.66. The summed E-state index contributed by atoms with van der Waals surface area (Å²) in [4.78, 5) is 15.0. The van der Waals surface area contributed by atoms with Crippen molar-refractivity contribution in [1.29, 1.82) is 0 Å². The normalized spacial score (nSPS) is 18.0. The second-order valence-corrected chi connectivity index (χ2v) is 6.16. The molecule has 0 aliphatic carbocycles. The number of carbonyl (C=O) groups excluding carboxylic acids is 1. The molecule has 2 aromatic heterocycles. The van der Waals surface area contributed by atoms with E-state index in [0.717, 1.165) is 41.5 Å². The van der Waals surface area contributed by atoms with Gasteiger partial charge in [0.15, 0.2) is 5.76 Å². The van der Waals surface area contributed by atoms with Crippen molar-refractivity contribution in [1.82, 2.24) is 14.7 Å². The van der Waals surface area contributed by atoms with Crippen LogP contribution in [0.2, 0.25) is 0 Å². The van der Waals surface area contributed by atoms with Crippen LogP contribution < -0.4 is 0 Å². The molecule has 4 rings (SSSR count). The van der Waals surface area contributed by atoms with Gasteiger partial charge in [-0.25, -0.2) is 0 Å². The molecule has 0 spiro atoms. The monoisotopic (exact) mass is 309 g/mol. The number of furan rings is 1. The first-order valence-electron chi connectivity index (χ1n) is 7.93. The predicted octanol–water partition coefficient (Wildman–Crippen LogP) is 3.45. The SMILES string of the molecule is Cc1c(C(=O)N2CCC[C@H]2c2cnn(C)c2)oc2ccccc12. The molecule has 0 saturated carbocycles. The Hall–Kier alpha value is -2.56. The maximum atomic E-state index is 13.0. The highest BCUT2D eigenvalue weighted by atomic mass is 16.3. The Kier molecular flexibility index (Phi) is 3.22. The molecular weight excluding hydrogens is 290 g/mol. The average Bonchev–Trinajstić information content (AvgIpc) is 3.26. The molecule has 1 saturated heterocycles. The van der Waals surface area contributed by atoms with E-state index in [0.29, 0.717) is 5.76 Å². The molecule has 1 amide bonds. The molecule has 1 aliphatic rings. The zero-order chi connectivity index (χ0) is 16.0. The number of hydrogen-bond acceptors (Lipinski definition) is 3. The van der Waals surface area contributed by atoms with Crippen LogP contribution in [-0.2, 0) is 7.05 Å². The van der Waals surface area contributed by atoms with E-state index in [9.17, 15) is 4.79 Å². The Balaban J connectivity index is 1.71. The molecule has 5 heteroatoms. The van der Waals surface area contributed by atoms with Crippen LogP contribution in [0, 0.1) is 6.92 Å². The van der Waals surface area contributed by atoms with E-state index in [1.54, 1.807) is 4.68 Å². The van der Waals surface area contributed by atoms with Gasteiger partial charge in [0, 0.05) is 36.3 Å². The predicted molar refractivity (Wildman–Crippen MR) is 87.2 cm³/mol. The summed E-state index contributed by atoms with van der Waals surface area (Å²) in [5.41, 5.74) is 2.78. The molecule has 1 atom stereocenters. The number of likely N-dealkylation sites (tertiary alicyclic amines) is 1. The summed E-state index contributed by atoms with van der Waals surface area (Å²) in [6.45, 7) is 2.71. The third-order valence-corrected chi connectivity index (χ3v) is 4.66. The van der Waals surface area contributed by atoms with Crippen LogP contribution in [0.15, 0.2) is 41.1 Å². The summed E-state index contributed by atoms with van der Waals surface area (Å²) in [5, 5.41) is 5.24. The lowest BCUT2D eigenvalue weighted by atomic mass is 10.1. The zero-order valence-corrected chi connectivity index (χ0v) is 13.3. The summed E-state index contributed by atoms with van der Waals surface area (Å²) in [7, 11) is 1.90. The molecule has 0 bridgehead atoms. The highest BCUT2D eigenvalue weighted by Crippen LogP contribution is 2.35. The van der Waals surface area contributed by atoms with Crippen molar-refractivity contribution < 1.29 is 9.21 Å². The van der Waals surface area contributed by atoms with Gasteiger partial charge >= 0.3 is 0 Å². The maximum Gasteiger partial charge on any atom is 0.290 e. The van der Waals surface area contributed by atoms with Crippen molar-refractivity contribution in [2.24, 2.45) is 7.05 Å². The van der Waals surface area contributed by atoms with E-state index >= 15 is 0 Å². The van der Waals surface area contributed by atoms with E-state index in [1.807, 2.05) is 55.5 Å². The van der Waals surface area contributed by atoms with Gasteiger partial charge in [-0.2, -0.15) is 5.10 Å². The van der Waals surface area contributed by atoms with Gasteiger partial charge < -0.3 is 9.32 Å². The summed E-state index contributed by atoms with van der Waals surface area (Å²) >= 11 is 0. The van der Waals surface area contributed by atoms with E-state index in [4.69, 9.17) is 4.42 Å². The second kappa shape index (κ2) is 5.26. The number of para-hydroxylation sites is 1. The van der Waals surface area contributed by atoms with Gasteiger partial charge in [-0.1, -0.05) is 18.2 Å². The highest BCUT2D eigenvalue weighted by molar-refractivity contribution is 5.99. The minimum Gasteiger partial charge on any atom is -0.451 e. The zero-order valence-electron chi connectivity index (χ0n) is 13.3. The number of nitrogens with zero attached hydrogens (tertiary/aromatic N) is 3. The lowest BCUT2D eigenvalue weighted by molar-refractivity contribution is 0.0704. The standard InChI is InChI=1S/C18H19N3O2/c1-12-14-6-3-4-8-16(14)23-17(12)18(22)21-9-5-7-15(21)13-10-19-20(2)11-13/h3-4,6,8,10-11,15H,5,7,9H2,1-2H3/t15-/m0/s1. The van der Waals surface area contributed by atoms with Crippen LogP contribution in [0.3, 0.4) is 0 Å². The summed E-state index contributed by atoms with van der Waals surface area (Å²) in [6.07, 6.45) is 5.81. The van der Waals surface area contributed by atoms with E-state index in [1.165, 1.54) is 0 Å². The van der Waals surface area contributed by atoms with Gasteiger partial charge in [0.05, 0.1) is 12.2 Å². The molecular formula is C18H19N3O2. The Morgan fingerprint density at radius 3 is 2.91 bits per heavy atom. The Bertz CT molecular complexity index is 877. The van der Waals surface area contributed by atoms with Crippen LogP contribution in [-0.4, -0.2) is 27.1 Å². The first kappa shape index (κ1) is 14.1. The third kappa shape index (κ3) is 2.23. The van der Waals surface area contributed by atoms with Crippen molar-refractivity contribution in [3.63, 3.8) is 0 Å².